The molecule has 1 aromatic carbocycles. The SMILES string of the molecule is CN1C(=O)C(C)(C)Oc2ccc(C(=O)N=C(N)N)cc21. The topological polar surface area (TPSA) is 111 Å². The first-order chi connectivity index (χ1) is 9.22. The van der Waals surface area contributed by atoms with E-state index in [1.807, 2.05) is 0 Å². The molecule has 106 valence electrons. The number of nitrogens with zero attached hydrogens (tertiary/aromatic N) is 2. The Bertz CT molecular complexity index is 618. The van der Waals surface area contributed by atoms with E-state index in [1.54, 1.807) is 33.0 Å². The van der Waals surface area contributed by atoms with Gasteiger partial charge in [-0.2, -0.15) is 4.99 Å². The molecule has 0 atom stereocenters. The molecule has 0 aliphatic carbocycles. The number of carbonyl (C=O) groups is 2. The molecule has 1 aliphatic heterocycles. The summed E-state index contributed by atoms with van der Waals surface area (Å²) in [5.41, 5.74) is 10.2. The van der Waals surface area contributed by atoms with Crippen LogP contribution in [0, 0.1) is 0 Å². The molecule has 0 fully saturated rings. The van der Waals surface area contributed by atoms with Crippen molar-refractivity contribution in [2.75, 3.05) is 11.9 Å². The van der Waals surface area contributed by atoms with Gasteiger partial charge >= 0.3 is 0 Å². The lowest BCUT2D eigenvalue weighted by Crippen LogP contribution is -2.50. The Morgan fingerprint density at radius 3 is 2.60 bits per heavy atom. The lowest BCUT2D eigenvalue weighted by molar-refractivity contribution is -0.132. The van der Waals surface area contributed by atoms with Gasteiger partial charge in [0.2, 0.25) is 0 Å². The summed E-state index contributed by atoms with van der Waals surface area (Å²) in [6.07, 6.45) is 0. The van der Waals surface area contributed by atoms with E-state index in [9.17, 15) is 9.59 Å². The maximum Gasteiger partial charge on any atom is 0.280 e. The zero-order chi connectivity index (χ0) is 15.1. The molecule has 7 heteroatoms. The number of amides is 2. The number of hydrogen-bond donors (Lipinski definition) is 2. The van der Waals surface area contributed by atoms with E-state index in [2.05, 4.69) is 4.99 Å². The molecule has 1 heterocycles. The van der Waals surface area contributed by atoms with Gasteiger partial charge in [-0.05, 0) is 32.0 Å². The average molecular weight is 276 g/mol. The third-order valence-electron chi connectivity index (χ3n) is 2.98. The number of benzene rings is 1. The highest BCUT2D eigenvalue weighted by Gasteiger charge is 2.39. The van der Waals surface area contributed by atoms with E-state index in [0.29, 0.717) is 11.4 Å². The predicted octanol–water partition coefficient (Wildman–Crippen LogP) is 0.234. The molecule has 0 bridgehead atoms. The van der Waals surface area contributed by atoms with Crippen molar-refractivity contribution < 1.29 is 14.3 Å². The molecule has 0 unspecified atom stereocenters. The molecule has 2 rings (SSSR count). The maximum absolute atomic E-state index is 12.1. The van der Waals surface area contributed by atoms with Crippen LogP contribution in [-0.4, -0.2) is 30.4 Å². The van der Waals surface area contributed by atoms with Gasteiger partial charge in [-0.25, -0.2) is 0 Å². The van der Waals surface area contributed by atoms with Crippen molar-refractivity contribution in [3.8, 4) is 5.75 Å². The Hall–Kier alpha value is -2.57. The van der Waals surface area contributed by atoms with Gasteiger partial charge in [0, 0.05) is 12.6 Å². The lowest BCUT2D eigenvalue weighted by atomic mass is 10.0. The zero-order valence-electron chi connectivity index (χ0n) is 11.5. The van der Waals surface area contributed by atoms with E-state index in [-0.39, 0.29) is 17.4 Å². The van der Waals surface area contributed by atoms with E-state index in [4.69, 9.17) is 16.2 Å². The second-order valence-electron chi connectivity index (χ2n) is 5.00. The Kier molecular flexibility index (Phi) is 3.13. The minimum Gasteiger partial charge on any atom is -0.476 e. The molecule has 0 saturated carbocycles. The number of hydrogen-bond acceptors (Lipinski definition) is 3. The number of ether oxygens (including phenoxy) is 1. The van der Waals surface area contributed by atoms with Crippen LogP contribution in [0.5, 0.6) is 5.75 Å². The van der Waals surface area contributed by atoms with Gasteiger partial charge in [-0.3, -0.25) is 9.59 Å². The van der Waals surface area contributed by atoms with Gasteiger partial charge in [0.15, 0.2) is 11.6 Å². The number of anilines is 1. The molecule has 1 aromatic rings. The minimum absolute atomic E-state index is 0.198. The van der Waals surface area contributed by atoms with Crippen LogP contribution in [0.3, 0.4) is 0 Å². The minimum atomic E-state index is -0.937. The molecular formula is C13H16N4O3. The van der Waals surface area contributed by atoms with Crippen LogP contribution < -0.4 is 21.1 Å². The van der Waals surface area contributed by atoms with Crippen LogP contribution in [0.15, 0.2) is 23.2 Å². The summed E-state index contributed by atoms with van der Waals surface area (Å²) in [6.45, 7) is 3.38. The molecule has 2 amide bonds. The highest BCUT2D eigenvalue weighted by atomic mass is 16.5. The molecule has 0 spiro atoms. The van der Waals surface area contributed by atoms with Crippen molar-refractivity contribution in [1.82, 2.24) is 0 Å². The Morgan fingerprint density at radius 1 is 1.35 bits per heavy atom. The molecule has 1 aliphatic rings. The van der Waals surface area contributed by atoms with Crippen molar-refractivity contribution in [2.45, 2.75) is 19.4 Å². The van der Waals surface area contributed by atoms with Gasteiger partial charge in [0.25, 0.3) is 11.8 Å². The monoisotopic (exact) mass is 276 g/mol. The van der Waals surface area contributed by atoms with Crippen molar-refractivity contribution in [2.24, 2.45) is 16.5 Å². The molecule has 4 N–H and O–H groups in total. The zero-order valence-corrected chi connectivity index (χ0v) is 11.5. The summed E-state index contributed by atoms with van der Waals surface area (Å²) in [5, 5.41) is 0. The van der Waals surface area contributed by atoms with Gasteiger partial charge in [0.05, 0.1) is 5.69 Å². The number of guanidine groups is 1. The first-order valence-corrected chi connectivity index (χ1v) is 5.97. The molecule has 0 saturated heterocycles. The summed E-state index contributed by atoms with van der Waals surface area (Å²) < 4.78 is 5.63. The summed E-state index contributed by atoms with van der Waals surface area (Å²) in [6, 6.07) is 4.69. The van der Waals surface area contributed by atoms with Gasteiger partial charge in [-0.1, -0.05) is 0 Å². The summed E-state index contributed by atoms with van der Waals surface area (Å²) in [5.74, 6) is -0.553. The van der Waals surface area contributed by atoms with Crippen LogP contribution in [0.4, 0.5) is 5.69 Å². The normalized spacial score (nSPS) is 16.1. The first kappa shape index (κ1) is 13.9. The Labute approximate surface area is 116 Å². The molecule has 0 aromatic heterocycles. The van der Waals surface area contributed by atoms with Crippen LogP contribution in [0.25, 0.3) is 0 Å². The highest BCUT2D eigenvalue weighted by molar-refractivity contribution is 6.05. The fourth-order valence-electron chi connectivity index (χ4n) is 2.01. The predicted molar refractivity (Wildman–Crippen MR) is 74.7 cm³/mol. The molecular weight excluding hydrogens is 260 g/mol. The number of rotatable bonds is 1. The lowest BCUT2D eigenvalue weighted by Gasteiger charge is -2.36. The van der Waals surface area contributed by atoms with Crippen molar-refractivity contribution >= 4 is 23.5 Å². The van der Waals surface area contributed by atoms with E-state index in [1.165, 1.54) is 11.0 Å². The van der Waals surface area contributed by atoms with Crippen LogP contribution in [-0.2, 0) is 4.79 Å². The largest absolute Gasteiger partial charge is 0.476 e. The van der Waals surface area contributed by atoms with Gasteiger partial charge in [0.1, 0.15) is 5.75 Å². The second kappa shape index (κ2) is 4.52. The van der Waals surface area contributed by atoms with Crippen molar-refractivity contribution in [1.29, 1.82) is 0 Å². The fraction of sp³-hybridized carbons (Fsp3) is 0.308. The molecule has 7 nitrogen and oxygen atoms in total. The number of carbonyl (C=O) groups excluding carboxylic acids is 2. The fourth-order valence-corrected chi connectivity index (χ4v) is 2.01. The number of likely N-dealkylation sites (N-methyl/N-ethyl adjacent to an activating group) is 1. The third kappa shape index (κ3) is 2.29. The summed E-state index contributed by atoms with van der Waals surface area (Å²) in [4.78, 5) is 28.8. The quantitative estimate of drug-likeness (QED) is 0.563. The first-order valence-electron chi connectivity index (χ1n) is 5.97. The maximum atomic E-state index is 12.1. The van der Waals surface area contributed by atoms with Gasteiger partial charge in [-0.15, -0.1) is 0 Å². The summed E-state index contributed by atoms with van der Waals surface area (Å²) in [7, 11) is 1.63. The Balaban J connectivity index is 2.45. The number of fused-ring (bicyclic) bond motifs is 1. The summed E-state index contributed by atoms with van der Waals surface area (Å²) >= 11 is 0. The highest BCUT2D eigenvalue weighted by Crippen LogP contribution is 2.37. The molecule has 0 radical (unpaired) electrons. The standard InChI is InChI=1S/C13H16N4O3/c1-13(2)11(19)17(3)8-6-7(4-5-9(8)20-13)10(18)16-12(14)15/h4-6H,1-3H3,(H4,14,15,16,18). The van der Waals surface area contributed by atoms with E-state index in [0.717, 1.165) is 0 Å². The smallest absolute Gasteiger partial charge is 0.280 e. The van der Waals surface area contributed by atoms with Gasteiger partial charge < -0.3 is 21.1 Å². The van der Waals surface area contributed by atoms with Crippen molar-refractivity contribution in [3.63, 3.8) is 0 Å². The molecule has 20 heavy (non-hydrogen) atoms. The van der Waals surface area contributed by atoms with Crippen molar-refractivity contribution in [3.05, 3.63) is 23.8 Å². The number of aliphatic imine (C=N–C) groups is 1. The van der Waals surface area contributed by atoms with E-state index >= 15 is 0 Å². The second-order valence-corrected chi connectivity index (χ2v) is 5.00. The average Bonchev–Trinajstić information content (AvgIpc) is 2.34. The third-order valence-corrected chi connectivity index (χ3v) is 2.98. The van der Waals surface area contributed by atoms with Crippen LogP contribution in [0.1, 0.15) is 24.2 Å². The number of nitrogens with two attached hydrogens (primary N) is 2. The van der Waals surface area contributed by atoms with Crippen LogP contribution >= 0.6 is 0 Å². The van der Waals surface area contributed by atoms with Crippen LogP contribution in [0.2, 0.25) is 0 Å². The van der Waals surface area contributed by atoms with E-state index < -0.39 is 11.5 Å². The Morgan fingerprint density at radius 2 is 2.00 bits per heavy atom.